The first-order valence-electron chi connectivity index (χ1n) is 9.41. The Morgan fingerprint density at radius 2 is 1.91 bits per heavy atom. The SMILES string of the molecule is C/C1=C/CC[C@@]2(C)OC2C[C@@]2(C(C)C)CC[C@](C)(O2)[C@H](O)CC1. The topological polar surface area (TPSA) is 42.0 Å². The van der Waals surface area contributed by atoms with Crippen LogP contribution in [0.15, 0.2) is 11.6 Å². The molecule has 0 aromatic carbocycles. The number of allylic oxidation sites excluding steroid dienone is 2. The number of hydrogen-bond donors (Lipinski definition) is 1. The molecular weight excluding hydrogens is 288 g/mol. The summed E-state index contributed by atoms with van der Waals surface area (Å²) in [6.07, 6.45) is 9.09. The molecular formula is C20H34O3. The predicted molar refractivity (Wildman–Crippen MR) is 92.4 cm³/mol. The molecule has 0 radical (unpaired) electrons. The summed E-state index contributed by atoms with van der Waals surface area (Å²) in [4.78, 5) is 0. The lowest BCUT2D eigenvalue weighted by molar-refractivity contribution is -0.167. The van der Waals surface area contributed by atoms with Crippen molar-refractivity contribution in [3.05, 3.63) is 11.6 Å². The summed E-state index contributed by atoms with van der Waals surface area (Å²) in [5.74, 6) is 0.440. The van der Waals surface area contributed by atoms with Gasteiger partial charge in [-0.15, -0.1) is 0 Å². The third kappa shape index (κ3) is 3.25. The van der Waals surface area contributed by atoms with Crippen LogP contribution in [0.2, 0.25) is 0 Å². The van der Waals surface area contributed by atoms with E-state index in [1.54, 1.807) is 0 Å². The molecule has 2 fully saturated rings. The molecule has 0 aliphatic carbocycles. The van der Waals surface area contributed by atoms with Crippen molar-refractivity contribution in [1.82, 2.24) is 0 Å². The minimum Gasteiger partial charge on any atom is -0.390 e. The molecule has 2 bridgehead atoms. The first-order valence-corrected chi connectivity index (χ1v) is 9.41. The van der Waals surface area contributed by atoms with Gasteiger partial charge in [0.05, 0.1) is 29.0 Å². The molecule has 0 aromatic heterocycles. The summed E-state index contributed by atoms with van der Waals surface area (Å²) in [5, 5.41) is 10.8. The van der Waals surface area contributed by atoms with Gasteiger partial charge in [-0.25, -0.2) is 0 Å². The Labute approximate surface area is 141 Å². The van der Waals surface area contributed by atoms with E-state index >= 15 is 0 Å². The van der Waals surface area contributed by atoms with Crippen LogP contribution >= 0.6 is 0 Å². The van der Waals surface area contributed by atoms with E-state index in [1.807, 2.05) is 0 Å². The van der Waals surface area contributed by atoms with E-state index in [0.717, 1.165) is 44.9 Å². The molecule has 0 aromatic rings. The second-order valence-electron chi connectivity index (χ2n) is 8.90. The summed E-state index contributed by atoms with van der Waals surface area (Å²) < 4.78 is 12.8. The van der Waals surface area contributed by atoms with Gasteiger partial charge in [0.15, 0.2) is 0 Å². The Hall–Kier alpha value is -0.380. The van der Waals surface area contributed by atoms with Gasteiger partial charge in [0, 0.05) is 6.42 Å². The van der Waals surface area contributed by atoms with Crippen LogP contribution in [0, 0.1) is 5.92 Å². The summed E-state index contributed by atoms with van der Waals surface area (Å²) in [6, 6.07) is 0. The average molecular weight is 322 g/mol. The van der Waals surface area contributed by atoms with Crippen molar-refractivity contribution in [3.63, 3.8) is 0 Å². The van der Waals surface area contributed by atoms with Crippen molar-refractivity contribution in [3.8, 4) is 0 Å². The fourth-order valence-corrected chi connectivity index (χ4v) is 4.51. The lowest BCUT2D eigenvalue weighted by Gasteiger charge is -2.38. The van der Waals surface area contributed by atoms with E-state index in [2.05, 4.69) is 40.7 Å². The molecule has 3 rings (SSSR count). The predicted octanol–water partition coefficient (Wildman–Crippen LogP) is 4.38. The van der Waals surface area contributed by atoms with Crippen molar-refractivity contribution in [2.75, 3.05) is 0 Å². The molecule has 2 saturated heterocycles. The highest BCUT2D eigenvalue weighted by molar-refractivity contribution is 5.10. The second-order valence-corrected chi connectivity index (χ2v) is 8.90. The molecule has 3 heteroatoms. The molecule has 3 nitrogen and oxygen atoms in total. The number of hydrogen-bond acceptors (Lipinski definition) is 3. The lowest BCUT2D eigenvalue weighted by Crippen LogP contribution is -2.45. The van der Waals surface area contributed by atoms with Crippen molar-refractivity contribution in [2.24, 2.45) is 5.92 Å². The van der Waals surface area contributed by atoms with Gasteiger partial charge in [-0.05, 0) is 65.2 Å². The first-order chi connectivity index (χ1) is 10.7. The van der Waals surface area contributed by atoms with Gasteiger partial charge < -0.3 is 14.6 Å². The maximum atomic E-state index is 10.8. The second kappa shape index (κ2) is 5.86. The highest BCUT2D eigenvalue weighted by Crippen LogP contribution is 2.53. The maximum absolute atomic E-state index is 10.8. The molecule has 0 amide bonds. The third-order valence-corrected chi connectivity index (χ3v) is 6.75. The number of rotatable bonds is 1. The summed E-state index contributed by atoms with van der Waals surface area (Å²) in [7, 11) is 0. The Balaban J connectivity index is 1.85. The van der Waals surface area contributed by atoms with Gasteiger partial charge in [0.1, 0.15) is 0 Å². The molecule has 0 saturated carbocycles. The zero-order chi connectivity index (χ0) is 16.9. The number of ether oxygens (including phenoxy) is 2. The van der Waals surface area contributed by atoms with Crippen molar-refractivity contribution < 1.29 is 14.6 Å². The van der Waals surface area contributed by atoms with Gasteiger partial charge in [0.2, 0.25) is 0 Å². The molecule has 1 unspecified atom stereocenters. The molecule has 132 valence electrons. The molecule has 23 heavy (non-hydrogen) atoms. The normalized spacial score (nSPS) is 50.3. The first kappa shape index (κ1) is 17.4. The Morgan fingerprint density at radius 1 is 1.17 bits per heavy atom. The Kier molecular flexibility index (Phi) is 4.44. The lowest BCUT2D eigenvalue weighted by atomic mass is 9.80. The molecule has 0 spiro atoms. The van der Waals surface area contributed by atoms with Gasteiger partial charge in [-0.3, -0.25) is 0 Å². The Morgan fingerprint density at radius 3 is 2.61 bits per heavy atom. The van der Waals surface area contributed by atoms with Crippen LogP contribution < -0.4 is 0 Å². The van der Waals surface area contributed by atoms with Crippen LogP contribution in [0.3, 0.4) is 0 Å². The smallest absolute Gasteiger partial charge is 0.0924 e. The summed E-state index contributed by atoms with van der Waals surface area (Å²) in [6.45, 7) is 11.0. The monoisotopic (exact) mass is 322 g/mol. The molecule has 3 aliphatic rings. The highest BCUT2D eigenvalue weighted by Gasteiger charge is 2.59. The van der Waals surface area contributed by atoms with E-state index in [9.17, 15) is 5.11 Å². The van der Waals surface area contributed by atoms with E-state index in [-0.39, 0.29) is 11.2 Å². The van der Waals surface area contributed by atoms with Gasteiger partial charge in [-0.1, -0.05) is 25.5 Å². The van der Waals surface area contributed by atoms with Crippen LogP contribution in [0.1, 0.15) is 79.6 Å². The Bertz CT molecular complexity index is 485. The number of epoxide rings is 1. The van der Waals surface area contributed by atoms with Crippen LogP contribution in [-0.2, 0) is 9.47 Å². The van der Waals surface area contributed by atoms with Gasteiger partial charge in [-0.2, -0.15) is 0 Å². The zero-order valence-corrected chi connectivity index (χ0v) is 15.5. The molecule has 3 aliphatic heterocycles. The number of aliphatic hydroxyl groups is 1. The van der Waals surface area contributed by atoms with Crippen LogP contribution in [0.4, 0.5) is 0 Å². The van der Waals surface area contributed by atoms with E-state index < -0.39 is 11.7 Å². The largest absolute Gasteiger partial charge is 0.390 e. The maximum Gasteiger partial charge on any atom is 0.0924 e. The van der Waals surface area contributed by atoms with Crippen LogP contribution in [0.25, 0.3) is 0 Å². The standard InChI is InChI=1S/C20H34O3/c1-14(2)20-12-11-18(4,23-20)16(21)9-8-15(3)7-6-10-19(5)17(13-20)22-19/h7,14,16-17,21H,6,8-13H2,1-5H3/b15-7-/t16-,17?,18+,19-,20-/m1/s1. The van der Waals surface area contributed by atoms with Crippen LogP contribution in [-0.4, -0.2) is 34.1 Å². The summed E-state index contributed by atoms with van der Waals surface area (Å²) >= 11 is 0. The van der Waals surface area contributed by atoms with Crippen LogP contribution in [0.5, 0.6) is 0 Å². The minimum absolute atomic E-state index is 0.0215. The zero-order valence-electron chi connectivity index (χ0n) is 15.5. The van der Waals surface area contributed by atoms with E-state index in [4.69, 9.17) is 9.47 Å². The fourth-order valence-electron chi connectivity index (χ4n) is 4.51. The number of fused-ring (bicyclic) bond motifs is 3. The quantitative estimate of drug-likeness (QED) is 0.575. The molecule has 5 atom stereocenters. The van der Waals surface area contributed by atoms with E-state index in [0.29, 0.717) is 12.0 Å². The molecule has 3 heterocycles. The average Bonchev–Trinajstić information content (AvgIpc) is 2.94. The van der Waals surface area contributed by atoms with E-state index in [1.165, 1.54) is 5.57 Å². The highest BCUT2D eigenvalue weighted by atomic mass is 16.6. The van der Waals surface area contributed by atoms with Crippen molar-refractivity contribution in [1.29, 1.82) is 0 Å². The van der Waals surface area contributed by atoms with Gasteiger partial charge >= 0.3 is 0 Å². The minimum atomic E-state index is -0.413. The molecule has 1 N–H and O–H groups in total. The third-order valence-electron chi connectivity index (χ3n) is 6.75. The fraction of sp³-hybridized carbons (Fsp3) is 0.900. The van der Waals surface area contributed by atoms with Crippen molar-refractivity contribution >= 4 is 0 Å². The number of aliphatic hydroxyl groups excluding tert-OH is 1. The summed E-state index contributed by atoms with van der Waals surface area (Å²) in [5.41, 5.74) is 0.840. The van der Waals surface area contributed by atoms with Gasteiger partial charge in [0.25, 0.3) is 0 Å². The van der Waals surface area contributed by atoms with Crippen molar-refractivity contribution in [2.45, 2.75) is 109 Å².